The molecule has 0 bridgehead atoms. The Bertz CT molecular complexity index is 1360. The third kappa shape index (κ3) is 4.32. The number of fused-ring (bicyclic) bond motifs is 2. The molecule has 0 radical (unpaired) electrons. The number of imidazole rings is 1. The summed E-state index contributed by atoms with van der Waals surface area (Å²) in [4.78, 5) is 9.24. The first kappa shape index (κ1) is 21.4. The van der Waals surface area contributed by atoms with Crippen LogP contribution in [0.1, 0.15) is 33.1 Å². The molecule has 172 valence electrons. The minimum atomic E-state index is 0.297. The van der Waals surface area contributed by atoms with Crippen LogP contribution in [0.4, 0.5) is 0 Å². The number of aromatic nitrogens is 2. The van der Waals surface area contributed by atoms with Gasteiger partial charge in [-0.3, -0.25) is 4.90 Å². The van der Waals surface area contributed by atoms with Crippen molar-refractivity contribution in [2.24, 2.45) is 0 Å². The van der Waals surface area contributed by atoms with Crippen molar-refractivity contribution in [2.75, 3.05) is 13.2 Å². The number of nitriles is 1. The van der Waals surface area contributed by atoms with Crippen LogP contribution in [-0.4, -0.2) is 33.7 Å². The van der Waals surface area contributed by atoms with Crippen molar-refractivity contribution in [3.8, 4) is 11.8 Å². The van der Waals surface area contributed by atoms with Crippen LogP contribution in [0.5, 0.6) is 5.75 Å². The van der Waals surface area contributed by atoms with Gasteiger partial charge in [-0.25, -0.2) is 4.98 Å². The maximum Gasteiger partial charge on any atom is 0.124 e. The van der Waals surface area contributed by atoms with Crippen LogP contribution in [0.2, 0.25) is 0 Å². The Kier molecular flexibility index (Phi) is 5.79. The van der Waals surface area contributed by atoms with Gasteiger partial charge < -0.3 is 14.0 Å². The van der Waals surface area contributed by atoms with Crippen LogP contribution in [0.25, 0.3) is 11.0 Å². The smallest absolute Gasteiger partial charge is 0.124 e. The second-order valence-corrected chi connectivity index (χ2v) is 10.1. The molecule has 0 N–H and O–H groups in total. The molecule has 0 amide bonds. The van der Waals surface area contributed by atoms with Crippen molar-refractivity contribution in [3.63, 3.8) is 0 Å². The maximum absolute atomic E-state index is 9.02. The first-order valence-corrected chi connectivity index (χ1v) is 12.6. The summed E-state index contributed by atoms with van der Waals surface area (Å²) in [6.07, 6.45) is 2.44. The highest BCUT2D eigenvalue weighted by atomic mass is 32.1. The zero-order valence-electron chi connectivity index (χ0n) is 18.9. The number of para-hydroxylation sites is 2. The monoisotopic (exact) mass is 470 g/mol. The summed E-state index contributed by atoms with van der Waals surface area (Å²) in [6, 6.07) is 20.8. The Balaban J connectivity index is 1.17. The van der Waals surface area contributed by atoms with Gasteiger partial charge in [0.15, 0.2) is 0 Å². The number of benzene rings is 2. The summed E-state index contributed by atoms with van der Waals surface area (Å²) >= 11 is 1.48. The van der Waals surface area contributed by atoms with Crippen LogP contribution < -0.4 is 4.74 Å². The molecule has 4 heterocycles. The number of thiophene rings is 1. The Hall–Kier alpha value is -3.18. The van der Waals surface area contributed by atoms with Crippen molar-refractivity contribution in [1.82, 2.24) is 14.5 Å². The third-order valence-corrected chi connectivity index (χ3v) is 7.66. The van der Waals surface area contributed by atoms with Gasteiger partial charge in [-0.05, 0) is 60.4 Å². The Morgan fingerprint density at radius 1 is 1.15 bits per heavy atom. The first-order chi connectivity index (χ1) is 16.7. The van der Waals surface area contributed by atoms with Crippen molar-refractivity contribution in [3.05, 3.63) is 81.3 Å². The molecule has 2 aromatic heterocycles. The summed E-state index contributed by atoms with van der Waals surface area (Å²) in [5.74, 6) is 1.99. The first-order valence-electron chi connectivity index (χ1n) is 11.8. The second-order valence-electron chi connectivity index (χ2n) is 8.97. The van der Waals surface area contributed by atoms with Crippen LogP contribution in [0.15, 0.2) is 54.6 Å². The van der Waals surface area contributed by atoms with E-state index in [0.717, 1.165) is 72.5 Å². The number of hydrogen-bond acceptors (Lipinski definition) is 6. The van der Waals surface area contributed by atoms with Crippen LogP contribution in [-0.2, 0) is 37.4 Å². The quantitative estimate of drug-likeness (QED) is 0.385. The predicted octanol–water partition coefficient (Wildman–Crippen LogP) is 4.90. The van der Waals surface area contributed by atoms with Crippen molar-refractivity contribution < 1.29 is 9.47 Å². The minimum Gasteiger partial charge on any atom is -0.488 e. The Morgan fingerprint density at radius 3 is 2.88 bits per heavy atom. The number of ether oxygens (including phenoxy) is 2. The van der Waals surface area contributed by atoms with E-state index in [-0.39, 0.29) is 0 Å². The molecule has 0 saturated carbocycles. The molecular formula is C27H26N4O2S. The van der Waals surface area contributed by atoms with E-state index in [1.165, 1.54) is 28.0 Å². The summed E-state index contributed by atoms with van der Waals surface area (Å²) in [5, 5.41) is 9.02. The number of rotatable bonds is 7. The molecule has 2 aliphatic heterocycles. The molecular weight excluding hydrogens is 444 g/mol. The molecule has 4 aromatic rings. The van der Waals surface area contributed by atoms with E-state index in [4.69, 9.17) is 19.7 Å². The molecule has 2 aromatic carbocycles. The zero-order valence-corrected chi connectivity index (χ0v) is 19.8. The summed E-state index contributed by atoms with van der Waals surface area (Å²) in [5.41, 5.74) is 4.95. The summed E-state index contributed by atoms with van der Waals surface area (Å²) < 4.78 is 14.1. The fraction of sp³-hybridized carbons (Fsp3) is 0.333. The van der Waals surface area contributed by atoms with Crippen molar-refractivity contribution in [1.29, 1.82) is 5.26 Å². The topological polar surface area (TPSA) is 63.3 Å². The van der Waals surface area contributed by atoms with Crippen LogP contribution in [0.3, 0.4) is 0 Å². The van der Waals surface area contributed by atoms with Gasteiger partial charge in [0.05, 0.1) is 30.2 Å². The normalized spacial score (nSPS) is 17.8. The average Bonchev–Trinajstić information content (AvgIpc) is 3.44. The molecule has 7 heteroatoms. The molecule has 2 aliphatic rings. The SMILES string of the molecule is N#Cc1ccc(COc2ccc3c(c2)CN(Cc2nc4ccccc4n2C[C@@H]2CCO2)CC3)s1. The fourth-order valence-corrected chi connectivity index (χ4v) is 5.49. The fourth-order valence-electron chi connectivity index (χ4n) is 4.77. The molecule has 0 spiro atoms. The highest BCUT2D eigenvalue weighted by molar-refractivity contribution is 7.12. The standard InChI is InChI=1S/C27H26N4O2S/c28-14-23-7-8-24(34-23)18-33-21-6-5-19-9-11-30(15-20(19)13-21)17-27-29-25-3-1-2-4-26(25)31(27)16-22-10-12-32-22/h1-8,13,22H,9-12,15-18H2/t22-/m0/s1. The lowest BCUT2D eigenvalue weighted by molar-refractivity contribution is -0.0592. The van der Waals surface area contributed by atoms with Crippen molar-refractivity contribution >= 4 is 22.4 Å². The molecule has 1 atom stereocenters. The van der Waals surface area contributed by atoms with Gasteiger partial charge in [0, 0.05) is 24.6 Å². The molecule has 6 nitrogen and oxygen atoms in total. The minimum absolute atomic E-state index is 0.297. The third-order valence-electron chi connectivity index (χ3n) is 6.70. The lowest BCUT2D eigenvalue weighted by atomic mass is 9.99. The van der Waals surface area contributed by atoms with Gasteiger partial charge in [-0.1, -0.05) is 18.2 Å². The van der Waals surface area contributed by atoms with Crippen molar-refractivity contribution in [2.45, 2.75) is 45.2 Å². The predicted molar refractivity (Wildman–Crippen MR) is 132 cm³/mol. The average molecular weight is 471 g/mol. The molecule has 0 aliphatic carbocycles. The van der Waals surface area contributed by atoms with E-state index in [9.17, 15) is 0 Å². The summed E-state index contributed by atoms with van der Waals surface area (Å²) in [6.45, 7) is 4.94. The Labute approximate surface area is 203 Å². The molecule has 34 heavy (non-hydrogen) atoms. The van der Waals surface area contributed by atoms with E-state index < -0.39 is 0 Å². The Morgan fingerprint density at radius 2 is 2.06 bits per heavy atom. The number of hydrogen-bond donors (Lipinski definition) is 0. The van der Waals surface area contributed by atoms with E-state index >= 15 is 0 Å². The van der Waals surface area contributed by atoms with E-state index in [1.54, 1.807) is 0 Å². The van der Waals surface area contributed by atoms with Crippen LogP contribution in [0, 0.1) is 11.3 Å². The lowest BCUT2D eigenvalue weighted by Crippen LogP contribution is -2.34. The maximum atomic E-state index is 9.02. The molecule has 6 rings (SSSR count). The molecule has 0 unspecified atom stereocenters. The van der Waals surface area contributed by atoms with Gasteiger partial charge in [-0.15, -0.1) is 11.3 Å². The molecule has 1 saturated heterocycles. The van der Waals surface area contributed by atoms with E-state index in [1.807, 2.05) is 12.1 Å². The van der Waals surface area contributed by atoms with Gasteiger partial charge in [0.1, 0.15) is 29.1 Å². The van der Waals surface area contributed by atoms with E-state index in [0.29, 0.717) is 12.7 Å². The highest BCUT2D eigenvalue weighted by Gasteiger charge is 2.24. The van der Waals surface area contributed by atoms with Gasteiger partial charge >= 0.3 is 0 Å². The second kappa shape index (κ2) is 9.22. The van der Waals surface area contributed by atoms with E-state index in [2.05, 4.69) is 58.0 Å². The largest absolute Gasteiger partial charge is 0.488 e. The lowest BCUT2D eigenvalue weighted by Gasteiger charge is -2.30. The van der Waals surface area contributed by atoms with Crippen LogP contribution >= 0.6 is 11.3 Å². The molecule has 1 fully saturated rings. The van der Waals surface area contributed by atoms with Gasteiger partial charge in [0.2, 0.25) is 0 Å². The highest BCUT2D eigenvalue weighted by Crippen LogP contribution is 2.27. The van der Waals surface area contributed by atoms with Gasteiger partial charge in [-0.2, -0.15) is 5.26 Å². The summed E-state index contributed by atoms with van der Waals surface area (Å²) in [7, 11) is 0. The van der Waals surface area contributed by atoms with Gasteiger partial charge in [0.25, 0.3) is 0 Å². The number of nitrogens with zero attached hydrogens (tertiary/aromatic N) is 4. The zero-order chi connectivity index (χ0) is 22.9.